The minimum Gasteiger partial charge on any atom is -0.347 e. The van der Waals surface area contributed by atoms with Crippen LogP contribution in [-0.4, -0.2) is 16.1 Å². The predicted molar refractivity (Wildman–Crippen MR) is 102 cm³/mol. The van der Waals surface area contributed by atoms with Gasteiger partial charge in [-0.25, -0.2) is 4.39 Å². The highest BCUT2D eigenvalue weighted by atomic mass is 35.5. The van der Waals surface area contributed by atoms with Gasteiger partial charge < -0.3 is 5.32 Å². The van der Waals surface area contributed by atoms with Crippen LogP contribution in [0.1, 0.15) is 15.2 Å². The second-order valence-electron chi connectivity index (χ2n) is 5.66. The van der Waals surface area contributed by atoms with E-state index in [0.717, 1.165) is 21.5 Å². The molecule has 4 rings (SSSR count). The number of fused-ring (bicyclic) bond motifs is 1. The molecule has 0 bridgehead atoms. The maximum absolute atomic E-state index is 13.8. The molecule has 0 aliphatic rings. The van der Waals surface area contributed by atoms with Gasteiger partial charge in [0.05, 0.1) is 15.3 Å². The average molecular weight is 386 g/mol. The number of nitrogens with zero attached hydrogens (tertiary/aromatic N) is 1. The lowest BCUT2D eigenvalue weighted by atomic mass is 10.2. The van der Waals surface area contributed by atoms with Gasteiger partial charge in [-0.05, 0) is 30.3 Å². The third kappa shape index (κ3) is 3.09. The Morgan fingerprint density at radius 3 is 2.85 bits per heavy atom. The summed E-state index contributed by atoms with van der Waals surface area (Å²) in [6.45, 7) is 0.0307. The number of aromatic amines is 1. The van der Waals surface area contributed by atoms with Crippen LogP contribution >= 0.6 is 22.9 Å². The maximum atomic E-state index is 13.8. The summed E-state index contributed by atoms with van der Waals surface area (Å²) in [6, 6.07) is 15.9. The molecule has 0 fully saturated rings. The Morgan fingerprint density at radius 2 is 2.00 bits per heavy atom. The minimum atomic E-state index is -0.437. The largest absolute Gasteiger partial charge is 0.347 e. The van der Waals surface area contributed by atoms with Gasteiger partial charge >= 0.3 is 0 Å². The van der Waals surface area contributed by atoms with Crippen LogP contribution in [-0.2, 0) is 6.54 Å². The number of hydrogen-bond donors (Lipinski definition) is 2. The van der Waals surface area contributed by atoms with Crippen LogP contribution < -0.4 is 5.32 Å². The van der Waals surface area contributed by atoms with Gasteiger partial charge in [-0.15, -0.1) is 11.3 Å². The summed E-state index contributed by atoms with van der Waals surface area (Å²) in [5, 5.41) is 11.3. The lowest BCUT2D eigenvalue weighted by Crippen LogP contribution is -2.22. The van der Waals surface area contributed by atoms with E-state index in [0.29, 0.717) is 9.90 Å². The van der Waals surface area contributed by atoms with Gasteiger partial charge in [0.15, 0.2) is 0 Å². The fraction of sp³-hybridized carbons (Fsp3) is 0.0526. The average Bonchev–Trinajstić information content (AvgIpc) is 3.28. The number of H-pyrrole nitrogens is 1. The van der Waals surface area contributed by atoms with E-state index in [1.165, 1.54) is 23.5 Å². The van der Waals surface area contributed by atoms with Crippen molar-refractivity contribution < 1.29 is 9.18 Å². The SMILES string of the molecule is O=C(NCc1c(F)cccc1Cl)c1ccc(-c2n[nH]c3ccccc23)s1. The molecule has 2 heterocycles. The van der Waals surface area contributed by atoms with Crippen molar-refractivity contribution in [2.24, 2.45) is 0 Å². The molecule has 2 N–H and O–H groups in total. The zero-order valence-electron chi connectivity index (χ0n) is 13.4. The number of benzene rings is 2. The normalized spacial score (nSPS) is 11.0. The van der Waals surface area contributed by atoms with Gasteiger partial charge in [-0.3, -0.25) is 9.89 Å². The second-order valence-corrected chi connectivity index (χ2v) is 7.16. The third-order valence-corrected chi connectivity index (χ3v) is 5.47. The summed E-state index contributed by atoms with van der Waals surface area (Å²) >= 11 is 7.32. The fourth-order valence-electron chi connectivity index (χ4n) is 2.70. The van der Waals surface area contributed by atoms with E-state index in [1.807, 2.05) is 30.3 Å². The Labute approximate surface area is 157 Å². The summed E-state index contributed by atoms with van der Waals surface area (Å²) < 4.78 is 13.8. The Hall–Kier alpha value is -2.70. The van der Waals surface area contributed by atoms with E-state index in [-0.39, 0.29) is 18.0 Å². The Kier molecular flexibility index (Phi) is 4.44. The van der Waals surface area contributed by atoms with Crippen LogP contribution in [0.5, 0.6) is 0 Å². The summed E-state index contributed by atoms with van der Waals surface area (Å²) in [5.74, 6) is -0.715. The van der Waals surface area contributed by atoms with Crippen LogP contribution in [0.3, 0.4) is 0 Å². The van der Waals surface area contributed by atoms with Crippen LogP contribution in [0.15, 0.2) is 54.6 Å². The summed E-state index contributed by atoms with van der Waals surface area (Å²) in [4.78, 5) is 13.8. The molecule has 0 unspecified atom stereocenters. The molecule has 0 saturated heterocycles. The molecule has 0 spiro atoms. The van der Waals surface area contributed by atoms with E-state index in [1.54, 1.807) is 12.1 Å². The van der Waals surface area contributed by atoms with Crippen LogP contribution in [0.2, 0.25) is 5.02 Å². The number of carbonyl (C=O) groups is 1. The minimum absolute atomic E-state index is 0.0307. The van der Waals surface area contributed by atoms with Crippen molar-refractivity contribution in [1.82, 2.24) is 15.5 Å². The van der Waals surface area contributed by atoms with Crippen molar-refractivity contribution in [3.63, 3.8) is 0 Å². The monoisotopic (exact) mass is 385 g/mol. The van der Waals surface area contributed by atoms with Gasteiger partial charge in [-0.1, -0.05) is 35.9 Å². The lowest BCUT2D eigenvalue weighted by Gasteiger charge is -2.07. The van der Waals surface area contributed by atoms with Gasteiger partial charge in [0.1, 0.15) is 11.5 Å². The first-order valence-corrected chi connectivity index (χ1v) is 9.07. The molecule has 7 heteroatoms. The highest BCUT2D eigenvalue weighted by Gasteiger charge is 2.15. The first-order valence-electron chi connectivity index (χ1n) is 7.88. The molecular weight excluding hydrogens is 373 g/mol. The molecule has 4 aromatic rings. The molecule has 2 aromatic heterocycles. The molecule has 1 amide bonds. The molecule has 0 atom stereocenters. The van der Waals surface area contributed by atoms with E-state index in [4.69, 9.17) is 11.6 Å². The quantitative estimate of drug-likeness (QED) is 0.518. The number of rotatable bonds is 4. The van der Waals surface area contributed by atoms with Crippen molar-refractivity contribution in [2.45, 2.75) is 6.54 Å². The molecule has 4 nitrogen and oxygen atoms in total. The van der Waals surface area contributed by atoms with Gasteiger partial charge in [0, 0.05) is 22.5 Å². The number of carbonyl (C=O) groups excluding carboxylic acids is 1. The number of thiophene rings is 1. The topological polar surface area (TPSA) is 57.8 Å². The number of halogens is 2. The highest BCUT2D eigenvalue weighted by Crippen LogP contribution is 2.31. The van der Waals surface area contributed by atoms with Gasteiger partial charge in [-0.2, -0.15) is 5.10 Å². The van der Waals surface area contributed by atoms with Crippen LogP contribution in [0, 0.1) is 5.82 Å². The summed E-state index contributed by atoms with van der Waals surface area (Å²) in [6.07, 6.45) is 0. The first-order chi connectivity index (χ1) is 12.6. The fourth-order valence-corrected chi connectivity index (χ4v) is 3.85. The summed E-state index contributed by atoms with van der Waals surface area (Å²) in [7, 11) is 0. The van der Waals surface area contributed by atoms with E-state index in [9.17, 15) is 9.18 Å². The lowest BCUT2D eigenvalue weighted by molar-refractivity contribution is 0.0954. The van der Waals surface area contributed by atoms with E-state index >= 15 is 0 Å². The molecular formula is C19H13ClFN3OS. The van der Waals surface area contributed by atoms with Crippen LogP contribution in [0.25, 0.3) is 21.5 Å². The third-order valence-electron chi connectivity index (χ3n) is 4.02. The molecule has 0 radical (unpaired) electrons. The number of amides is 1. The maximum Gasteiger partial charge on any atom is 0.261 e. The van der Waals surface area contributed by atoms with Crippen molar-refractivity contribution >= 4 is 39.7 Å². The molecule has 0 aliphatic heterocycles. The zero-order valence-corrected chi connectivity index (χ0v) is 15.0. The Morgan fingerprint density at radius 1 is 1.15 bits per heavy atom. The van der Waals surface area contributed by atoms with Crippen LogP contribution in [0.4, 0.5) is 4.39 Å². The smallest absolute Gasteiger partial charge is 0.261 e. The first kappa shape index (κ1) is 16.8. The van der Waals surface area contributed by atoms with Crippen molar-refractivity contribution in [2.75, 3.05) is 0 Å². The molecule has 0 saturated carbocycles. The number of aromatic nitrogens is 2. The molecule has 130 valence electrons. The van der Waals surface area contributed by atoms with E-state index in [2.05, 4.69) is 15.5 Å². The predicted octanol–water partition coefficient (Wildman–Crippen LogP) is 5.01. The Bertz CT molecular complexity index is 1080. The van der Waals surface area contributed by atoms with E-state index < -0.39 is 5.82 Å². The molecule has 26 heavy (non-hydrogen) atoms. The number of nitrogens with one attached hydrogen (secondary N) is 2. The molecule has 2 aromatic carbocycles. The van der Waals surface area contributed by atoms with Crippen molar-refractivity contribution in [3.8, 4) is 10.6 Å². The second kappa shape index (κ2) is 6.90. The summed E-state index contributed by atoms with van der Waals surface area (Å²) in [5.41, 5.74) is 2.02. The van der Waals surface area contributed by atoms with Gasteiger partial charge in [0.2, 0.25) is 0 Å². The standard InChI is InChI=1S/C19H13ClFN3OS/c20-13-5-3-6-14(21)12(13)10-22-19(25)17-9-8-16(26-17)18-11-4-1-2-7-15(11)23-24-18/h1-9H,10H2,(H,22,25)(H,23,24). The van der Waals surface area contributed by atoms with Crippen molar-refractivity contribution in [1.29, 1.82) is 0 Å². The number of hydrogen-bond acceptors (Lipinski definition) is 3. The number of para-hydroxylation sites is 1. The Balaban J connectivity index is 1.53. The van der Waals surface area contributed by atoms with Gasteiger partial charge in [0.25, 0.3) is 5.91 Å². The highest BCUT2D eigenvalue weighted by molar-refractivity contribution is 7.17. The zero-order chi connectivity index (χ0) is 18.1. The molecule has 0 aliphatic carbocycles. The van der Waals surface area contributed by atoms with Crippen molar-refractivity contribution in [3.05, 3.63) is 75.9 Å².